The molecule has 1 fully saturated rings. The van der Waals surface area contributed by atoms with E-state index < -0.39 is 0 Å². The number of aromatic nitrogens is 7. The van der Waals surface area contributed by atoms with Crippen molar-refractivity contribution < 1.29 is 4.74 Å². The second kappa shape index (κ2) is 8.99. The lowest BCUT2D eigenvalue weighted by atomic mass is 10.0. The maximum atomic E-state index is 5.82. The molecule has 1 saturated heterocycles. The van der Waals surface area contributed by atoms with E-state index in [0.29, 0.717) is 6.54 Å². The maximum Gasteiger partial charge on any atom is 0.173 e. The minimum atomic E-state index is -0.115. The van der Waals surface area contributed by atoms with Crippen molar-refractivity contribution in [2.24, 2.45) is 0 Å². The number of nitrogens with zero attached hydrogens (tertiary/aromatic N) is 6. The Kier molecular flexibility index (Phi) is 5.77. The average Bonchev–Trinajstić information content (AvgIpc) is 3.57. The molecule has 4 heterocycles. The fourth-order valence-corrected chi connectivity index (χ4v) is 4.30. The molecule has 2 atom stereocenters. The van der Waals surface area contributed by atoms with Crippen molar-refractivity contribution in [2.45, 2.75) is 51.4 Å². The highest BCUT2D eigenvalue weighted by Gasteiger charge is 2.26. The van der Waals surface area contributed by atoms with Gasteiger partial charge in [0.05, 0.1) is 25.0 Å². The molecule has 4 aromatic rings. The van der Waals surface area contributed by atoms with Crippen molar-refractivity contribution >= 4 is 10.9 Å². The highest BCUT2D eigenvalue weighted by molar-refractivity contribution is 5.84. The summed E-state index contributed by atoms with van der Waals surface area (Å²) in [5.41, 5.74) is 3.51. The smallest absolute Gasteiger partial charge is 0.173 e. The van der Waals surface area contributed by atoms with E-state index in [1.165, 1.54) is 10.9 Å². The van der Waals surface area contributed by atoms with Gasteiger partial charge in [-0.05, 0) is 54.8 Å². The molecule has 2 N–H and O–H groups in total. The SMILES string of the molecule is Cc1ccc2c(C(NCCCn3ccnc3)c3nnnn3CC3CCCO3)c[nH]c2c1. The van der Waals surface area contributed by atoms with Crippen LogP contribution >= 0.6 is 0 Å². The molecule has 0 aliphatic carbocycles. The van der Waals surface area contributed by atoms with Gasteiger partial charge in [-0.2, -0.15) is 0 Å². The summed E-state index contributed by atoms with van der Waals surface area (Å²) in [6, 6.07) is 6.37. The Labute approximate surface area is 180 Å². The van der Waals surface area contributed by atoms with Gasteiger partial charge in [0.2, 0.25) is 0 Å². The topological polar surface area (TPSA) is 98.5 Å². The summed E-state index contributed by atoms with van der Waals surface area (Å²) in [4.78, 5) is 7.54. The number of H-pyrrole nitrogens is 1. The zero-order valence-corrected chi connectivity index (χ0v) is 17.7. The van der Waals surface area contributed by atoms with Crippen molar-refractivity contribution in [3.05, 3.63) is 60.1 Å². The van der Waals surface area contributed by atoms with Gasteiger partial charge in [0, 0.05) is 48.2 Å². The lowest BCUT2D eigenvalue weighted by molar-refractivity contribution is 0.0923. The number of hydrogen-bond donors (Lipinski definition) is 2. The molecule has 9 heteroatoms. The Morgan fingerprint density at radius 3 is 3.16 bits per heavy atom. The third kappa shape index (κ3) is 4.38. The van der Waals surface area contributed by atoms with Crippen LogP contribution in [-0.4, -0.2) is 54.0 Å². The number of nitrogens with one attached hydrogen (secondary N) is 2. The number of hydrogen-bond acceptors (Lipinski definition) is 6. The number of ether oxygens (including phenoxy) is 1. The van der Waals surface area contributed by atoms with Gasteiger partial charge in [0.25, 0.3) is 0 Å². The number of benzene rings is 1. The molecule has 9 nitrogen and oxygen atoms in total. The summed E-state index contributed by atoms with van der Waals surface area (Å²) < 4.78 is 9.81. The van der Waals surface area contributed by atoms with Crippen molar-refractivity contribution in [1.82, 2.24) is 40.1 Å². The second-order valence-corrected chi connectivity index (χ2v) is 8.19. The van der Waals surface area contributed by atoms with Crippen LogP contribution in [0.25, 0.3) is 10.9 Å². The van der Waals surface area contributed by atoms with E-state index in [0.717, 1.165) is 55.9 Å². The van der Waals surface area contributed by atoms with Gasteiger partial charge in [0.1, 0.15) is 0 Å². The predicted octanol–water partition coefficient (Wildman–Crippen LogP) is 2.61. The summed E-state index contributed by atoms with van der Waals surface area (Å²) >= 11 is 0. The van der Waals surface area contributed by atoms with Crippen molar-refractivity contribution in [3.8, 4) is 0 Å². The minimum Gasteiger partial charge on any atom is -0.376 e. The Balaban J connectivity index is 1.40. The van der Waals surface area contributed by atoms with E-state index in [1.807, 2.05) is 23.4 Å². The molecule has 0 spiro atoms. The fourth-order valence-electron chi connectivity index (χ4n) is 4.30. The van der Waals surface area contributed by atoms with Crippen LogP contribution in [0.3, 0.4) is 0 Å². The van der Waals surface area contributed by atoms with E-state index in [9.17, 15) is 0 Å². The molecule has 1 aliphatic heterocycles. The largest absolute Gasteiger partial charge is 0.376 e. The van der Waals surface area contributed by atoms with Crippen LogP contribution in [0.5, 0.6) is 0 Å². The van der Waals surface area contributed by atoms with Crippen LogP contribution < -0.4 is 5.32 Å². The molecular weight excluding hydrogens is 392 g/mol. The van der Waals surface area contributed by atoms with Gasteiger partial charge in [0.15, 0.2) is 5.82 Å². The molecule has 0 amide bonds. The first-order valence-electron chi connectivity index (χ1n) is 10.9. The molecule has 5 rings (SSSR count). The van der Waals surface area contributed by atoms with Crippen molar-refractivity contribution in [2.75, 3.05) is 13.2 Å². The van der Waals surface area contributed by atoms with Crippen LogP contribution in [0, 0.1) is 6.92 Å². The van der Waals surface area contributed by atoms with Gasteiger partial charge in [-0.3, -0.25) is 0 Å². The third-order valence-electron chi connectivity index (χ3n) is 5.90. The molecule has 162 valence electrons. The zero-order valence-electron chi connectivity index (χ0n) is 17.7. The molecular formula is C22H28N8O. The molecule has 1 aliphatic rings. The Hall–Kier alpha value is -3.04. The van der Waals surface area contributed by atoms with Crippen LogP contribution in [0.15, 0.2) is 43.1 Å². The quantitative estimate of drug-likeness (QED) is 0.404. The Morgan fingerprint density at radius 2 is 2.32 bits per heavy atom. The average molecular weight is 421 g/mol. The van der Waals surface area contributed by atoms with Gasteiger partial charge < -0.3 is 19.6 Å². The van der Waals surface area contributed by atoms with Crippen molar-refractivity contribution in [1.29, 1.82) is 0 Å². The predicted molar refractivity (Wildman–Crippen MR) is 117 cm³/mol. The van der Waals surface area contributed by atoms with E-state index in [1.54, 1.807) is 0 Å². The summed E-state index contributed by atoms with van der Waals surface area (Å²) in [6.07, 6.45) is 11.0. The molecule has 0 bridgehead atoms. The number of aryl methyl sites for hydroxylation is 2. The lowest BCUT2D eigenvalue weighted by Crippen LogP contribution is -2.29. The molecule has 0 saturated carbocycles. The Bertz CT molecular complexity index is 1110. The number of aromatic amines is 1. The van der Waals surface area contributed by atoms with Crippen LogP contribution in [0.1, 0.15) is 42.3 Å². The number of imidazole rings is 1. The van der Waals surface area contributed by atoms with Gasteiger partial charge in [-0.25, -0.2) is 9.67 Å². The highest BCUT2D eigenvalue weighted by atomic mass is 16.5. The second-order valence-electron chi connectivity index (χ2n) is 8.19. The first-order chi connectivity index (χ1) is 15.3. The van der Waals surface area contributed by atoms with Gasteiger partial charge in [-0.1, -0.05) is 12.1 Å². The standard InChI is InChI=1S/C22H28N8O/c1-16-5-6-18-19(13-25-20(18)12-16)21(24-7-3-9-29-10-8-23-15-29)22-26-27-28-30(22)14-17-4-2-11-31-17/h5-6,8,10,12-13,15,17,21,24-25H,2-4,7,9,11,14H2,1H3. The highest BCUT2D eigenvalue weighted by Crippen LogP contribution is 2.29. The Morgan fingerprint density at radius 1 is 1.35 bits per heavy atom. The normalized spacial score (nSPS) is 17.5. The first kappa shape index (κ1) is 19.9. The van der Waals surface area contributed by atoms with Crippen LogP contribution in [0.2, 0.25) is 0 Å². The van der Waals surface area contributed by atoms with E-state index in [-0.39, 0.29) is 12.1 Å². The van der Waals surface area contributed by atoms with E-state index in [4.69, 9.17) is 4.74 Å². The third-order valence-corrected chi connectivity index (χ3v) is 5.90. The van der Waals surface area contributed by atoms with Crippen molar-refractivity contribution in [3.63, 3.8) is 0 Å². The number of fused-ring (bicyclic) bond motifs is 1. The summed E-state index contributed by atoms with van der Waals surface area (Å²) in [7, 11) is 0. The molecule has 2 unspecified atom stereocenters. The molecule has 3 aromatic heterocycles. The lowest BCUT2D eigenvalue weighted by Gasteiger charge is -2.19. The summed E-state index contributed by atoms with van der Waals surface area (Å²) in [6.45, 7) is 5.34. The van der Waals surface area contributed by atoms with Crippen LogP contribution in [0.4, 0.5) is 0 Å². The monoisotopic (exact) mass is 420 g/mol. The summed E-state index contributed by atoms with van der Waals surface area (Å²) in [5, 5.41) is 17.6. The minimum absolute atomic E-state index is 0.115. The van der Waals surface area contributed by atoms with Gasteiger partial charge >= 0.3 is 0 Å². The molecule has 1 aromatic carbocycles. The van der Waals surface area contributed by atoms with E-state index >= 15 is 0 Å². The zero-order chi connectivity index (χ0) is 21.0. The summed E-state index contributed by atoms with van der Waals surface area (Å²) in [5.74, 6) is 0.819. The number of tetrazole rings is 1. The van der Waals surface area contributed by atoms with Crippen LogP contribution in [-0.2, 0) is 17.8 Å². The molecule has 31 heavy (non-hydrogen) atoms. The first-order valence-corrected chi connectivity index (χ1v) is 10.9. The number of rotatable bonds is 9. The van der Waals surface area contributed by atoms with E-state index in [2.05, 4.69) is 66.7 Å². The fraction of sp³-hybridized carbons (Fsp3) is 0.455. The maximum absolute atomic E-state index is 5.82. The van der Waals surface area contributed by atoms with Gasteiger partial charge in [-0.15, -0.1) is 5.10 Å². The molecule has 0 radical (unpaired) electrons.